The zero-order valence-corrected chi connectivity index (χ0v) is 15.1. The van der Waals surface area contributed by atoms with Crippen molar-refractivity contribution in [2.45, 2.75) is 50.9 Å². The molecule has 3 N–H and O–H groups in total. The van der Waals surface area contributed by atoms with Crippen LogP contribution in [0.1, 0.15) is 52.5 Å². The minimum atomic E-state index is -0.935. The Morgan fingerprint density at radius 3 is 2.52 bits per heavy atom. The zero-order valence-electron chi connectivity index (χ0n) is 15.1. The van der Waals surface area contributed by atoms with E-state index in [-0.39, 0.29) is 30.8 Å². The Kier molecular flexibility index (Phi) is 4.32. The quantitative estimate of drug-likeness (QED) is 0.725. The summed E-state index contributed by atoms with van der Waals surface area (Å²) >= 11 is 0. The summed E-state index contributed by atoms with van der Waals surface area (Å²) < 4.78 is 0. The van der Waals surface area contributed by atoms with Crippen molar-refractivity contribution in [3.63, 3.8) is 0 Å². The highest BCUT2D eigenvalue weighted by atomic mass is 16.2. The van der Waals surface area contributed by atoms with Gasteiger partial charge in [0, 0.05) is 31.6 Å². The molecule has 3 heterocycles. The lowest BCUT2D eigenvalue weighted by molar-refractivity contribution is -0.136. The van der Waals surface area contributed by atoms with Gasteiger partial charge in [0.25, 0.3) is 11.8 Å². The summed E-state index contributed by atoms with van der Waals surface area (Å²) in [6, 6.07) is 4.70. The van der Waals surface area contributed by atoms with Crippen molar-refractivity contribution in [1.29, 1.82) is 0 Å². The van der Waals surface area contributed by atoms with Crippen molar-refractivity contribution in [3.8, 4) is 0 Å². The van der Waals surface area contributed by atoms with E-state index in [1.165, 1.54) is 0 Å². The summed E-state index contributed by atoms with van der Waals surface area (Å²) in [5.41, 5.74) is 7.62. The molecule has 1 aromatic rings. The van der Waals surface area contributed by atoms with Gasteiger partial charge in [-0.15, -0.1) is 0 Å². The zero-order chi connectivity index (χ0) is 19.3. The van der Waals surface area contributed by atoms with Gasteiger partial charge in [-0.2, -0.15) is 0 Å². The van der Waals surface area contributed by atoms with E-state index in [1.807, 2.05) is 6.07 Å². The summed E-state index contributed by atoms with van der Waals surface area (Å²) in [7, 11) is 0. The summed E-state index contributed by atoms with van der Waals surface area (Å²) in [5, 5.41) is 2.20. The summed E-state index contributed by atoms with van der Waals surface area (Å²) in [6.45, 7) is 3.64. The first-order valence-electron chi connectivity index (χ1n) is 9.21. The molecule has 2 fully saturated rings. The lowest BCUT2D eigenvalue weighted by Crippen LogP contribution is -2.54. The third-order valence-corrected chi connectivity index (χ3v) is 5.84. The average Bonchev–Trinajstić information content (AvgIpc) is 3.07. The highest BCUT2D eigenvalue weighted by molar-refractivity contribution is 6.23. The van der Waals surface area contributed by atoms with Crippen molar-refractivity contribution < 1.29 is 19.2 Å². The van der Waals surface area contributed by atoms with Crippen molar-refractivity contribution in [2.24, 2.45) is 5.73 Å². The minimum absolute atomic E-state index is 0.113. The maximum Gasteiger partial charge on any atom is 0.262 e. The van der Waals surface area contributed by atoms with Crippen LogP contribution in [-0.2, 0) is 16.1 Å². The van der Waals surface area contributed by atoms with Crippen molar-refractivity contribution >= 4 is 23.6 Å². The fourth-order valence-electron chi connectivity index (χ4n) is 4.10. The number of carbonyl (C=O) groups excluding carboxylic acids is 4. The second-order valence-electron chi connectivity index (χ2n) is 7.49. The average molecular weight is 370 g/mol. The fourth-order valence-corrected chi connectivity index (χ4v) is 4.10. The molecule has 0 bridgehead atoms. The summed E-state index contributed by atoms with van der Waals surface area (Å²) in [4.78, 5) is 52.2. The largest absolute Gasteiger partial charge is 0.326 e. The lowest BCUT2D eigenvalue weighted by Gasteiger charge is -2.27. The van der Waals surface area contributed by atoms with E-state index in [4.69, 9.17) is 5.73 Å². The van der Waals surface area contributed by atoms with Gasteiger partial charge in [0.2, 0.25) is 11.8 Å². The van der Waals surface area contributed by atoms with E-state index in [1.54, 1.807) is 12.1 Å². The van der Waals surface area contributed by atoms with Gasteiger partial charge in [-0.3, -0.25) is 34.3 Å². The van der Waals surface area contributed by atoms with Gasteiger partial charge in [0.1, 0.15) is 6.04 Å². The van der Waals surface area contributed by atoms with Gasteiger partial charge in [-0.1, -0.05) is 6.07 Å². The van der Waals surface area contributed by atoms with Gasteiger partial charge in [-0.05, 0) is 37.5 Å². The number of fused-ring (bicyclic) bond motifs is 1. The number of hydrogen-bond acceptors (Lipinski definition) is 6. The number of likely N-dealkylation sites (tertiary alicyclic amines) is 1. The molecule has 142 valence electrons. The van der Waals surface area contributed by atoms with Gasteiger partial charge >= 0.3 is 0 Å². The Morgan fingerprint density at radius 1 is 1.11 bits per heavy atom. The molecule has 3 atom stereocenters. The third kappa shape index (κ3) is 2.94. The molecule has 2 saturated heterocycles. The SMILES string of the molecule is CC1C(N)CCN1Cc1ccc2c(c1)C(=O)N(C1CCC(=O)NC1=O)C2=O. The van der Waals surface area contributed by atoms with Crippen LogP contribution in [0.3, 0.4) is 0 Å². The molecule has 4 amide bonds. The fraction of sp³-hybridized carbons (Fsp3) is 0.474. The number of nitrogens with zero attached hydrogens (tertiary/aromatic N) is 2. The van der Waals surface area contributed by atoms with Crippen LogP contribution in [-0.4, -0.2) is 58.1 Å². The predicted octanol–water partition coefficient (Wildman–Crippen LogP) is 0.00930. The number of imide groups is 2. The number of nitrogens with one attached hydrogen (secondary N) is 1. The van der Waals surface area contributed by atoms with Gasteiger partial charge in [0.05, 0.1) is 11.1 Å². The Balaban J connectivity index is 1.57. The first-order valence-corrected chi connectivity index (χ1v) is 9.21. The normalized spacial score (nSPS) is 28.7. The topological polar surface area (TPSA) is 113 Å². The smallest absolute Gasteiger partial charge is 0.262 e. The number of nitrogens with two attached hydrogens (primary N) is 1. The molecule has 8 heteroatoms. The van der Waals surface area contributed by atoms with Crippen LogP contribution in [0.4, 0.5) is 0 Å². The lowest BCUT2D eigenvalue weighted by atomic mass is 10.0. The highest BCUT2D eigenvalue weighted by Gasteiger charge is 2.44. The predicted molar refractivity (Wildman–Crippen MR) is 95.6 cm³/mol. The molecule has 0 saturated carbocycles. The van der Waals surface area contributed by atoms with Gasteiger partial charge in [0.15, 0.2) is 0 Å². The number of amides is 4. The van der Waals surface area contributed by atoms with Crippen molar-refractivity contribution in [3.05, 3.63) is 34.9 Å². The van der Waals surface area contributed by atoms with Crippen LogP contribution in [0.15, 0.2) is 18.2 Å². The first-order chi connectivity index (χ1) is 12.9. The summed E-state index contributed by atoms with van der Waals surface area (Å²) in [6.07, 6.45) is 1.21. The van der Waals surface area contributed by atoms with E-state index in [2.05, 4.69) is 17.1 Å². The monoisotopic (exact) mass is 370 g/mol. The van der Waals surface area contributed by atoms with Crippen LogP contribution in [0.25, 0.3) is 0 Å². The second-order valence-corrected chi connectivity index (χ2v) is 7.49. The maximum atomic E-state index is 12.8. The second kappa shape index (κ2) is 6.54. The number of piperidine rings is 1. The van der Waals surface area contributed by atoms with Crippen LogP contribution < -0.4 is 11.1 Å². The van der Waals surface area contributed by atoms with E-state index < -0.39 is 23.8 Å². The molecule has 1 aromatic carbocycles. The molecular weight excluding hydrogens is 348 g/mol. The summed E-state index contributed by atoms with van der Waals surface area (Å²) in [5.74, 6) is -1.93. The molecular formula is C19H22N4O4. The first kappa shape index (κ1) is 17.8. The van der Waals surface area contributed by atoms with Crippen LogP contribution in [0, 0.1) is 0 Å². The van der Waals surface area contributed by atoms with Crippen LogP contribution in [0.5, 0.6) is 0 Å². The van der Waals surface area contributed by atoms with E-state index in [0.717, 1.165) is 23.4 Å². The minimum Gasteiger partial charge on any atom is -0.326 e. The molecule has 27 heavy (non-hydrogen) atoms. The van der Waals surface area contributed by atoms with Crippen molar-refractivity contribution in [1.82, 2.24) is 15.1 Å². The number of benzene rings is 1. The molecule has 3 unspecified atom stereocenters. The van der Waals surface area contributed by atoms with E-state index >= 15 is 0 Å². The van der Waals surface area contributed by atoms with Crippen molar-refractivity contribution in [2.75, 3.05) is 6.54 Å². The Labute approximate surface area is 156 Å². The molecule has 0 radical (unpaired) electrons. The Morgan fingerprint density at radius 2 is 1.85 bits per heavy atom. The number of carbonyl (C=O) groups is 4. The molecule has 3 aliphatic rings. The standard InChI is InChI=1S/C19H22N4O4/c1-10-14(20)6-7-22(10)9-11-2-3-12-13(8-11)19(27)23(18(12)26)15-4-5-16(24)21-17(15)25/h2-3,8,10,14-15H,4-7,9,20H2,1H3,(H,21,24,25). The molecule has 0 aromatic heterocycles. The highest BCUT2D eigenvalue weighted by Crippen LogP contribution is 2.29. The molecule has 0 aliphatic carbocycles. The van der Waals surface area contributed by atoms with E-state index in [9.17, 15) is 19.2 Å². The van der Waals surface area contributed by atoms with Gasteiger partial charge in [-0.25, -0.2) is 0 Å². The van der Waals surface area contributed by atoms with Gasteiger partial charge < -0.3 is 5.73 Å². The third-order valence-electron chi connectivity index (χ3n) is 5.84. The Bertz CT molecular complexity index is 852. The molecule has 3 aliphatic heterocycles. The van der Waals surface area contributed by atoms with E-state index in [0.29, 0.717) is 17.7 Å². The van der Waals surface area contributed by atoms with Crippen LogP contribution in [0.2, 0.25) is 0 Å². The number of hydrogen-bond donors (Lipinski definition) is 2. The molecule has 4 rings (SSSR count). The Hall–Kier alpha value is -2.58. The molecule has 8 nitrogen and oxygen atoms in total. The number of rotatable bonds is 3. The maximum absolute atomic E-state index is 12.8. The van der Waals surface area contributed by atoms with Crippen LogP contribution >= 0.6 is 0 Å². The molecule has 0 spiro atoms.